The Morgan fingerprint density at radius 1 is 1.19 bits per heavy atom. The van der Waals surface area contributed by atoms with Crippen molar-refractivity contribution in [3.05, 3.63) is 55.8 Å². The molecule has 0 radical (unpaired) electrons. The second kappa shape index (κ2) is 6.57. The first-order chi connectivity index (χ1) is 10.2. The fourth-order valence-corrected chi connectivity index (χ4v) is 2.41. The van der Waals surface area contributed by atoms with Gasteiger partial charge in [0.15, 0.2) is 0 Å². The zero-order chi connectivity index (χ0) is 15.4. The van der Waals surface area contributed by atoms with Crippen LogP contribution in [0.25, 0.3) is 0 Å². The number of nitrogens with zero attached hydrogens (tertiary/aromatic N) is 1. The Hall–Kier alpha value is -2.10. The van der Waals surface area contributed by atoms with Crippen LogP contribution in [0, 0.1) is 0 Å². The van der Waals surface area contributed by atoms with Crippen molar-refractivity contribution in [2.45, 2.75) is 33.7 Å². The van der Waals surface area contributed by atoms with Crippen LogP contribution in [0.15, 0.2) is 33.9 Å². The van der Waals surface area contributed by atoms with Crippen LogP contribution in [0.1, 0.15) is 31.9 Å². The molecule has 0 aliphatic carbocycles. The Morgan fingerprint density at radius 2 is 1.95 bits per heavy atom. The monoisotopic (exact) mass is 287 g/mol. The van der Waals surface area contributed by atoms with Gasteiger partial charge in [0.25, 0.3) is 0 Å². The molecule has 0 saturated carbocycles. The van der Waals surface area contributed by atoms with Crippen LogP contribution in [0.2, 0.25) is 0 Å². The highest BCUT2D eigenvalue weighted by Crippen LogP contribution is 2.26. The summed E-state index contributed by atoms with van der Waals surface area (Å²) in [6.45, 7) is 7.88. The minimum absolute atomic E-state index is 0.380. The van der Waals surface area contributed by atoms with E-state index in [0.717, 1.165) is 17.7 Å². The van der Waals surface area contributed by atoms with E-state index in [2.05, 4.69) is 19.1 Å². The van der Waals surface area contributed by atoms with E-state index in [0.29, 0.717) is 25.4 Å². The first-order valence-corrected chi connectivity index (χ1v) is 7.49. The number of ether oxygens (including phenoxy) is 1. The van der Waals surface area contributed by atoms with Gasteiger partial charge in [-0.15, -0.1) is 0 Å². The highest BCUT2D eigenvalue weighted by Gasteiger charge is 2.21. The van der Waals surface area contributed by atoms with E-state index in [9.17, 15) is 9.59 Å². The zero-order valence-electron chi connectivity index (χ0n) is 12.8. The molecular formula is C17H21NO3. The third-order valence-electron chi connectivity index (χ3n) is 3.58. The summed E-state index contributed by atoms with van der Waals surface area (Å²) in [6.07, 6.45) is 0.966. The van der Waals surface area contributed by atoms with Crippen molar-refractivity contribution in [1.29, 1.82) is 0 Å². The van der Waals surface area contributed by atoms with Gasteiger partial charge in [-0.05, 0) is 18.1 Å². The van der Waals surface area contributed by atoms with Gasteiger partial charge in [-0.2, -0.15) is 0 Å². The molecule has 1 aliphatic rings. The number of aryl methyl sites for hydroxylation is 1. The third kappa shape index (κ3) is 2.99. The second-order valence-corrected chi connectivity index (χ2v) is 4.79. The number of hydrogen-bond donors (Lipinski definition) is 0. The average molecular weight is 287 g/mol. The van der Waals surface area contributed by atoms with Crippen LogP contribution in [-0.2, 0) is 13.0 Å². The van der Waals surface area contributed by atoms with E-state index < -0.39 is 5.43 Å². The zero-order valence-corrected chi connectivity index (χ0v) is 12.8. The van der Waals surface area contributed by atoms with Gasteiger partial charge in [0.05, 0.1) is 12.2 Å². The van der Waals surface area contributed by atoms with E-state index in [1.54, 1.807) is 0 Å². The van der Waals surface area contributed by atoms with Crippen molar-refractivity contribution in [2.75, 3.05) is 18.1 Å². The molecule has 0 N–H and O–H groups in total. The molecule has 0 spiro atoms. The number of hydrogen-bond acceptors (Lipinski definition) is 4. The lowest BCUT2D eigenvalue weighted by atomic mass is 10.1. The molecule has 21 heavy (non-hydrogen) atoms. The lowest BCUT2D eigenvalue weighted by Gasteiger charge is -2.22. The van der Waals surface area contributed by atoms with Gasteiger partial charge in [-0.1, -0.05) is 32.9 Å². The van der Waals surface area contributed by atoms with E-state index in [4.69, 9.17) is 4.74 Å². The molecule has 0 unspecified atom stereocenters. The Kier molecular flexibility index (Phi) is 4.78. The molecule has 112 valence electrons. The maximum atomic E-state index is 11.5. The van der Waals surface area contributed by atoms with Gasteiger partial charge < -0.3 is 9.64 Å². The molecule has 4 nitrogen and oxygen atoms in total. The van der Waals surface area contributed by atoms with Crippen LogP contribution in [0.3, 0.4) is 0 Å². The van der Waals surface area contributed by atoms with Crippen molar-refractivity contribution in [3.63, 3.8) is 0 Å². The maximum Gasteiger partial charge on any atom is 0.249 e. The smallest absolute Gasteiger partial charge is 0.249 e. The number of benzene rings is 1. The fourth-order valence-electron chi connectivity index (χ4n) is 2.41. The normalized spacial score (nSPS) is 13.8. The summed E-state index contributed by atoms with van der Waals surface area (Å²) in [7, 11) is 0. The predicted octanol–water partition coefficient (Wildman–Crippen LogP) is 2.27. The van der Waals surface area contributed by atoms with Gasteiger partial charge >= 0.3 is 0 Å². The summed E-state index contributed by atoms with van der Waals surface area (Å²) < 4.78 is 5.69. The summed E-state index contributed by atoms with van der Waals surface area (Å²) in [5, 5.41) is 0. The Bertz CT molecular complexity index is 683. The lowest BCUT2D eigenvalue weighted by molar-refractivity contribution is 0.331. The molecule has 0 aromatic heterocycles. The predicted molar refractivity (Wildman–Crippen MR) is 85.1 cm³/mol. The quantitative estimate of drug-likeness (QED) is 0.795. The van der Waals surface area contributed by atoms with Crippen LogP contribution >= 0.6 is 0 Å². The SMILES string of the molecule is CC.CCc1ccc2c(c1)CN(c1cc(=O)c1=O)CCO2. The molecule has 1 aliphatic heterocycles. The summed E-state index contributed by atoms with van der Waals surface area (Å²) >= 11 is 0. The van der Waals surface area contributed by atoms with Gasteiger partial charge in [0, 0.05) is 18.2 Å². The topological polar surface area (TPSA) is 46.6 Å². The molecule has 1 heterocycles. The van der Waals surface area contributed by atoms with Gasteiger partial charge in [0.1, 0.15) is 12.4 Å². The number of fused-ring (bicyclic) bond motifs is 1. The minimum atomic E-state index is -0.400. The second-order valence-electron chi connectivity index (χ2n) is 4.79. The first kappa shape index (κ1) is 15.3. The Labute approximate surface area is 124 Å². The van der Waals surface area contributed by atoms with Crippen LogP contribution in [0.5, 0.6) is 5.75 Å². The molecule has 0 fully saturated rings. The van der Waals surface area contributed by atoms with Crippen LogP contribution < -0.4 is 20.5 Å². The van der Waals surface area contributed by atoms with E-state index in [1.807, 2.05) is 24.8 Å². The van der Waals surface area contributed by atoms with Gasteiger partial charge in [0.2, 0.25) is 10.9 Å². The molecule has 3 rings (SSSR count). The largest absolute Gasteiger partial charge is 0.491 e. The maximum absolute atomic E-state index is 11.5. The molecule has 0 saturated heterocycles. The molecule has 2 aromatic carbocycles. The number of anilines is 1. The summed E-state index contributed by atoms with van der Waals surface area (Å²) in [5.41, 5.74) is 2.06. The van der Waals surface area contributed by atoms with Crippen molar-refractivity contribution in [1.82, 2.24) is 0 Å². The summed E-state index contributed by atoms with van der Waals surface area (Å²) in [5.74, 6) is 0.874. The summed E-state index contributed by atoms with van der Waals surface area (Å²) in [6, 6.07) is 7.57. The molecular weight excluding hydrogens is 266 g/mol. The van der Waals surface area contributed by atoms with Gasteiger partial charge in [-0.3, -0.25) is 9.59 Å². The van der Waals surface area contributed by atoms with E-state index in [1.165, 1.54) is 11.6 Å². The van der Waals surface area contributed by atoms with Crippen molar-refractivity contribution >= 4 is 5.69 Å². The van der Waals surface area contributed by atoms with Gasteiger partial charge in [-0.25, -0.2) is 0 Å². The highest BCUT2D eigenvalue weighted by atomic mass is 16.5. The molecule has 0 amide bonds. The number of rotatable bonds is 2. The molecule has 4 heteroatoms. The highest BCUT2D eigenvalue weighted by molar-refractivity contribution is 5.52. The standard InChI is InChI=1S/C15H15NO3.C2H6/c1-2-10-3-4-14-11(7-10)9-16(5-6-19-14)12-8-13(17)15(12)18;1-2/h3-4,7-8H,2,5-6,9H2,1H3;1-2H3. The minimum Gasteiger partial charge on any atom is -0.491 e. The van der Waals surface area contributed by atoms with Crippen LogP contribution in [-0.4, -0.2) is 13.2 Å². The lowest BCUT2D eigenvalue weighted by Crippen LogP contribution is -2.39. The summed E-state index contributed by atoms with van der Waals surface area (Å²) in [4.78, 5) is 24.5. The third-order valence-corrected chi connectivity index (χ3v) is 3.58. The average Bonchev–Trinajstić information content (AvgIpc) is 2.75. The molecule has 2 aromatic rings. The molecule has 0 bridgehead atoms. The molecule has 0 atom stereocenters. The van der Waals surface area contributed by atoms with Crippen LogP contribution in [0.4, 0.5) is 5.69 Å². The van der Waals surface area contributed by atoms with Crippen molar-refractivity contribution in [3.8, 4) is 5.75 Å². The van der Waals surface area contributed by atoms with Crippen molar-refractivity contribution < 1.29 is 4.74 Å². The Morgan fingerprint density at radius 3 is 2.57 bits per heavy atom. The fraction of sp³-hybridized carbons (Fsp3) is 0.412. The Balaban J connectivity index is 0.000000774. The first-order valence-electron chi connectivity index (χ1n) is 7.49. The van der Waals surface area contributed by atoms with E-state index >= 15 is 0 Å². The van der Waals surface area contributed by atoms with E-state index in [-0.39, 0.29) is 5.43 Å². The van der Waals surface area contributed by atoms with Crippen molar-refractivity contribution in [2.24, 2.45) is 0 Å².